The lowest BCUT2D eigenvalue weighted by Gasteiger charge is -2.15. The summed E-state index contributed by atoms with van der Waals surface area (Å²) in [5.74, 6) is -0.315. The van der Waals surface area contributed by atoms with Gasteiger partial charge in [0.2, 0.25) is 0 Å². The molecule has 66 valence electrons. The molecule has 0 aromatic rings. The minimum atomic E-state index is -0.449. The summed E-state index contributed by atoms with van der Waals surface area (Å²) in [6.07, 6.45) is 0.570. The second-order valence-electron chi connectivity index (χ2n) is 2.52. The fourth-order valence-corrected chi connectivity index (χ4v) is 0.666. The summed E-state index contributed by atoms with van der Waals surface area (Å²) in [4.78, 5) is 10.8. The Hall–Kier alpha value is -0.570. The number of carbonyl (C=O) groups is 1. The number of hydrogen-bond acceptors (Lipinski definition) is 3. The van der Waals surface area contributed by atoms with Crippen molar-refractivity contribution >= 4 is 5.97 Å². The number of methoxy groups -OCH3 is 1. The number of ether oxygens (including phenoxy) is 2. The van der Waals surface area contributed by atoms with E-state index in [1.807, 2.05) is 13.8 Å². The lowest BCUT2D eigenvalue weighted by Crippen LogP contribution is -2.26. The summed E-state index contributed by atoms with van der Waals surface area (Å²) in [6.45, 7) is 5.63. The Morgan fingerprint density at radius 2 is 2.00 bits per heavy atom. The van der Waals surface area contributed by atoms with Gasteiger partial charge in [0.05, 0.1) is 13.2 Å². The van der Waals surface area contributed by atoms with Crippen molar-refractivity contribution in [3.63, 3.8) is 0 Å². The summed E-state index contributed by atoms with van der Waals surface area (Å²) in [7, 11) is 1.36. The largest absolute Gasteiger partial charge is 0.467 e. The van der Waals surface area contributed by atoms with Gasteiger partial charge in [-0.3, -0.25) is 0 Å². The predicted molar refractivity (Wildman–Crippen MR) is 42.3 cm³/mol. The molecule has 3 nitrogen and oxygen atoms in total. The molecule has 0 spiro atoms. The predicted octanol–water partition coefficient (Wildman–Crippen LogP) is 1.36. The van der Waals surface area contributed by atoms with E-state index in [2.05, 4.69) is 4.74 Å². The SMILES string of the molecule is CCC(C)OC(C)C(=O)OC. The summed E-state index contributed by atoms with van der Waals surface area (Å²) in [5.41, 5.74) is 0. The molecule has 0 aliphatic rings. The fraction of sp³-hybridized carbons (Fsp3) is 0.875. The Labute approximate surface area is 67.7 Å². The maximum Gasteiger partial charge on any atom is 0.334 e. The monoisotopic (exact) mass is 160 g/mol. The van der Waals surface area contributed by atoms with E-state index in [9.17, 15) is 4.79 Å². The molecule has 0 aromatic heterocycles. The van der Waals surface area contributed by atoms with Crippen molar-refractivity contribution in [3.05, 3.63) is 0 Å². The quantitative estimate of drug-likeness (QED) is 0.582. The van der Waals surface area contributed by atoms with Crippen LogP contribution in [0.2, 0.25) is 0 Å². The van der Waals surface area contributed by atoms with Crippen molar-refractivity contribution in [1.82, 2.24) is 0 Å². The summed E-state index contributed by atoms with van der Waals surface area (Å²) >= 11 is 0. The van der Waals surface area contributed by atoms with Gasteiger partial charge in [0.1, 0.15) is 0 Å². The first-order valence-electron chi connectivity index (χ1n) is 3.85. The molecular formula is C8H16O3. The lowest BCUT2D eigenvalue weighted by atomic mass is 10.3. The third-order valence-corrected chi connectivity index (χ3v) is 1.54. The Morgan fingerprint density at radius 1 is 1.45 bits per heavy atom. The smallest absolute Gasteiger partial charge is 0.334 e. The van der Waals surface area contributed by atoms with E-state index in [4.69, 9.17) is 4.74 Å². The highest BCUT2D eigenvalue weighted by Crippen LogP contribution is 2.02. The van der Waals surface area contributed by atoms with E-state index in [1.165, 1.54) is 7.11 Å². The molecule has 3 heteroatoms. The van der Waals surface area contributed by atoms with Crippen LogP contribution in [0.3, 0.4) is 0 Å². The van der Waals surface area contributed by atoms with Gasteiger partial charge in [0.25, 0.3) is 0 Å². The standard InChI is InChI=1S/C8H16O3/c1-5-6(2)11-7(3)8(9)10-4/h6-7H,5H2,1-4H3. The molecule has 0 aromatic carbocycles. The molecular weight excluding hydrogens is 144 g/mol. The maximum absolute atomic E-state index is 10.8. The molecule has 0 N–H and O–H groups in total. The summed E-state index contributed by atoms with van der Waals surface area (Å²) < 4.78 is 9.77. The molecule has 2 atom stereocenters. The van der Waals surface area contributed by atoms with Crippen LogP contribution in [-0.4, -0.2) is 25.3 Å². The summed E-state index contributed by atoms with van der Waals surface area (Å²) in [6, 6.07) is 0. The van der Waals surface area contributed by atoms with E-state index in [0.29, 0.717) is 0 Å². The van der Waals surface area contributed by atoms with Gasteiger partial charge < -0.3 is 9.47 Å². The van der Waals surface area contributed by atoms with Crippen molar-refractivity contribution in [3.8, 4) is 0 Å². The first-order chi connectivity index (χ1) is 5.11. The molecule has 0 aliphatic heterocycles. The minimum absolute atomic E-state index is 0.115. The van der Waals surface area contributed by atoms with Gasteiger partial charge in [-0.15, -0.1) is 0 Å². The molecule has 11 heavy (non-hydrogen) atoms. The maximum atomic E-state index is 10.8. The molecule has 0 fully saturated rings. The van der Waals surface area contributed by atoms with Crippen molar-refractivity contribution in [2.45, 2.75) is 39.4 Å². The highest BCUT2D eigenvalue weighted by molar-refractivity contribution is 5.73. The molecule has 2 unspecified atom stereocenters. The van der Waals surface area contributed by atoms with Crippen LogP contribution in [0.1, 0.15) is 27.2 Å². The Balaban J connectivity index is 3.67. The average Bonchev–Trinajstić information content (AvgIpc) is 2.02. The van der Waals surface area contributed by atoms with Crippen LogP contribution < -0.4 is 0 Å². The minimum Gasteiger partial charge on any atom is -0.467 e. The second kappa shape index (κ2) is 5.13. The van der Waals surface area contributed by atoms with Crippen LogP contribution in [-0.2, 0) is 14.3 Å². The number of esters is 1. The van der Waals surface area contributed by atoms with Gasteiger partial charge in [0, 0.05) is 0 Å². The highest BCUT2D eigenvalue weighted by Gasteiger charge is 2.15. The van der Waals surface area contributed by atoms with Crippen molar-refractivity contribution in [2.75, 3.05) is 7.11 Å². The Bertz CT molecular complexity index is 123. The fourth-order valence-electron chi connectivity index (χ4n) is 0.666. The Kier molecular flexibility index (Phi) is 4.86. The Morgan fingerprint density at radius 3 is 2.36 bits per heavy atom. The van der Waals surface area contributed by atoms with Crippen LogP contribution in [0.25, 0.3) is 0 Å². The van der Waals surface area contributed by atoms with Gasteiger partial charge in [-0.2, -0.15) is 0 Å². The van der Waals surface area contributed by atoms with Crippen molar-refractivity contribution < 1.29 is 14.3 Å². The molecule has 0 heterocycles. The number of rotatable bonds is 4. The van der Waals surface area contributed by atoms with Gasteiger partial charge >= 0.3 is 5.97 Å². The van der Waals surface area contributed by atoms with E-state index < -0.39 is 6.10 Å². The zero-order valence-corrected chi connectivity index (χ0v) is 7.59. The second-order valence-corrected chi connectivity index (χ2v) is 2.52. The molecule has 0 radical (unpaired) electrons. The molecule has 0 bridgehead atoms. The van der Waals surface area contributed by atoms with Gasteiger partial charge in [0.15, 0.2) is 6.10 Å². The number of hydrogen-bond donors (Lipinski definition) is 0. The van der Waals surface area contributed by atoms with Crippen LogP contribution in [0.15, 0.2) is 0 Å². The van der Waals surface area contributed by atoms with Crippen LogP contribution >= 0.6 is 0 Å². The van der Waals surface area contributed by atoms with Crippen LogP contribution in [0, 0.1) is 0 Å². The molecule has 0 rings (SSSR count). The lowest BCUT2D eigenvalue weighted by molar-refractivity contribution is -0.156. The van der Waals surface area contributed by atoms with E-state index in [1.54, 1.807) is 6.92 Å². The molecule has 0 saturated heterocycles. The zero-order chi connectivity index (χ0) is 8.85. The van der Waals surface area contributed by atoms with E-state index in [-0.39, 0.29) is 12.1 Å². The van der Waals surface area contributed by atoms with Crippen molar-refractivity contribution in [2.24, 2.45) is 0 Å². The molecule has 0 saturated carbocycles. The first-order valence-corrected chi connectivity index (χ1v) is 3.85. The first kappa shape index (κ1) is 10.4. The van der Waals surface area contributed by atoms with E-state index in [0.717, 1.165) is 6.42 Å². The topological polar surface area (TPSA) is 35.5 Å². The average molecular weight is 160 g/mol. The van der Waals surface area contributed by atoms with Gasteiger partial charge in [-0.25, -0.2) is 4.79 Å². The van der Waals surface area contributed by atoms with Crippen molar-refractivity contribution in [1.29, 1.82) is 0 Å². The third kappa shape index (κ3) is 3.98. The number of carbonyl (C=O) groups excluding carboxylic acids is 1. The van der Waals surface area contributed by atoms with E-state index >= 15 is 0 Å². The molecule has 0 aliphatic carbocycles. The summed E-state index contributed by atoms with van der Waals surface area (Å²) in [5, 5.41) is 0. The normalized spacial score (nSPS) is 15.6. The van der Waals surface area contributed by atoms with Crippen LogP contribution in [0.5, 0.6) is 0 Å². The third-order valence-electron chi connectivity index (χ3n) is 1.54. The molecule has 0 amide bonds. The van der Waals surface area contributed by atoms with Gasteiger partial charge in [-0.05, 0) is 20.3 Å². The van der Waals surface area contributed by atoms with Gasteiger partial charge in [-0.1, -0.05) is 6.92 Å². The zero-order valence-electron chi connectivity index (χ0n) is 7.59. The van der Waals surface area contributed by atoms with Crippen LogP contribution in [0.4, 0.5) is 0 Å². The highest BCUT2D eigenvalue weighted by atomic mass is 16.6.